The maximum atomic E-state index is 11.9. The fourth-order valence-corrected chi connectivity index (χ4v) is 2.06. The van der Waals surface area contributed by atoms with Gasteiger partial charge in [0.15, 0.2) is 0 Å². The maximum Gasteiger partial charge on any atom is 0.244 e. The zero-order valence-corrected chi connectivity index (χ0v) is 13.2. The molecule has 0 saturated heterocycles. The molecule has 0 spiro atoms. The van der Waals surface area contributed by atoms with E-state index in [1.807, 2.05) is 18.2 Å². The summed E-state index contributed by atoms with van der Waals surface area (Å²) in [7, 11) is 0. The number of halogens is 1. The molecular formula is C17H17ClN2O3. The molecule has 0 fully saturated rings. The van der Waals surface area contributed by atoms with E-state index in [9.17, 15) is 4.79 Å². The summed E-state index contributed by atoms with van der Waals surface area (Å²) in [5.41, 5.74) is 1.64. The molecule has 1 amide bonds. The van der Waals surface area contributed by atoms with E-state index in [1.165, 1.54) is 6.08 Å². The van der Waals surface area contributed by atoms with E-state index in [4.69, 9.17) is 21.4 Å². The standard InChI is InChI=1S/C17H17ClN2O3/c18-16-11-13(7-8-19-16)5-6-17(22)20-12-14-3-1-2-4-15(14)23-10-9-21/h1-8,11,21H,9-10,12H2,(H,20,22)/b6-5+. The Morgan fingerprint density at radius 1 is 1.35 bits per heavy atom. The lowest BCUT2D eigenvalue weighted by Gasteiger charge is -2.10. The van der Waals surface area contributed by atoms with Crippen LogP contribution in [0.4, 0.5) is 0 Å². The highest BCUT2D eigenvalue weighted by molar-refractivity contribution is 6.29. The highest BCUT2D eigenvalue weighted by Gasteiger charge is 2.04. The molecule has 0 saturated carbocycles. The van der Waals surface area contributed by atoms with Crippen molar-refractivity contribution in [2.75, 3.05) is 13.2 Å². The van der Waals surface area contributed by atoms with Crippen molar-refractivity contribution in [2.24, 2.45) is 0 Å². The van der Waals surface area contributed by atoms with Gasteiger partial charge in [-0.05, 0) is 29.8 Å². The fraction of sp³-hybridized carbons (Fsp3) is 0.176. The van der Waals surface area contributed by atoms with E-state index in [0.717, 1.165) is 11.1 Å². The van der Waals surface area contributed by atoms with Crippen molar-refractivity contribution in [3.63, 3.8) is 0 Å². The van der Waals surface area contributed by atoms with Crippen molar-refractivity contribution in [2.45, 2.75) is 6.54 Å². The monoisotopic (exact) mass is 332 g/mol. The van der Waals surface area contributed by atoms with Crippen LogP contribution in [0.3, 0.4) is 0 Å². The molecule has 1 heterocycles. The third-order valence-corrected chi connectivity index (χ3v) is 3.16. The van der Waals surface area contributed by atoms with Crippen LogP contribution in [0, 0.1) is 0 Å². The summed E-state index contributed by atoms with van der Waals surface area (Å²) >= 11 is 5.78. The summed E-state index contributed by atoms with van der Waals surface area (Å²) < 4.78 is 5.42. The number of aliphatic hydroxyl groups is 1. The van der Waals surface area contributed by atoms with Crippen LogP contribution in [-0.2, 0) is 11.3 Å². The van der Waals surface area contributed by atoms with Crippen molar-refractivity contribution in [1.29, 1.82) is 0 Å². The first-order valence-corrected chi connectivity index (χ1v) is 7.46. The molecular weight excluding hydrogens is 316 g/mol. The number of aliphatic hydroxyl groups excluding tert-OH is 1. The van der Waals surface area contributed by atoms with Gasteiger partial charge in [-0.3, -0.25) is 4.79 Å². The van der Waals surface area contributed by atoms with Gasteiger partial charge in [-0.2, -0.15) is 0 Å². The number of hydrogen-bond donors (Lipinski definition) is 2. The van der Waals surface area contributed by atoms with E-state index in [1.54, 1.807) is 30.5 Å². The number of aromatic nitrogens is 1. The summed E-state index contributed by atoms with van der Waals surface area (Å²) in [6.45, 7) is 0.494. The third kappa shape index (κ3) is 5.73. The topological polar surface area (TPSA) is 71.5 Å². The van der Waals surface area contributed by atoms with Gasteiger partial charge < -0.3 is 15.2 Å². The van der Waals surface area contributed by atoms with E-state index in [2.05, 4.69) is 10.3 Å². The largest absolute Gasteiger partial charge is 0.491 e. The van der Waals surface area contributed by atoms with Gasteiger partial charge in [0, 0.05) is 24.4 Å². The second-order valence-electron chi connectivity index (χ2n) is 4.64. The Bertz CT molecular complexity index is 689. The van der Waals surface area contributed by atoms with Gasteiger partial charge in [0.1, 0.15) is 17.5 Å². The zero-order chi connectivity index (χ0) is 16.5. The van der Waals surface area contributed by atoms with Gasteiger partial charge in [-0.15, -0.1) is 0 Å². The molecule has 0 unspecified atom stereocenters. The SMILES string of the molecule is O=C(/C=C/c1ccnc(Cl)c1)NCc1ccccc1OCCO. The van der Waals surface area contributed by atoms with Crippen LogP contribution in [0.5, 0.6) is 5.75 Å². The molecule has 2 aromatic rings. The number of pyridine rings is 1. The predicted octanol–water partition coefficient (Wildman–Crippen LogP) is 2.44. The lowest BCUT2D eigenvalue weighted by molar-refractivity contribution is -0.116. The Morgan fingerprint density at radius 3 is 2.96 bits per heavy atom. The van der Waals surface area contributed by atoms with Crippen molar-refractivity contribution in [1.82, 2.24) is 10.3 Å². The number of rotatable bonds is 7. The number of carbonyl (C=O) groups is 1. The van der Waals surface area contributed by atoms with Gasteiger partial charge in [-0.1, -0.05) is 29.8 Å². The molecule has 0 aliphatic carbocycles. The Balaban J connectivity index is 1.92. The molecule has 120 valence electrons. The number of ether oxygens (including phenoxy) is 1. The predicted molar refractivity (Wildman–Crippen MR) is 89.2 cm³/mol. The first-order chi connectivity index (χ1) is 11.2. The number of hydrogen-bond acceptors (Lipinski definition) is 4. The van der Waals surface area contributed by atoms with E-state index < -0.39 is 0 Å². The number of nitrogens with zero attached hydrogens (tertiary/aromatic N) is 1. The van der Waals surface area contributed by atoms with Crippen LogP contribution in [0.25, 0.3) is 6.08 Å². The lowest BCUT2D eigenvalue weighted by atomic mass is 10.2. The van der Waals surface area contributed by atoms with Gasteiger partial charge in [0.25, 0.3) is 0 Å². The van der Waals surface area contributed by atoms with E-state index in [0.29, 0.717) is 17.4 Å². The lowest BCUT2D eigenvalue weighted by Crippen LogP contribution is -2.20. The molecule has 5 nitrogen and oxygen atoms in total. The molecule has 23 heavy (non-hydrogen) atoms. The number of benzene rings is 1. The molecule has 0 radical (unpaired) electrons. The summed E-state index contributed by atoms with van der Waals surface area (Å²) in [4.78, 5) is 15.7. The summed E-state index contributed by atoms with van der Waals surface area (Å²) in [5.74, 6) is 0.418. The Hall–Kier alpha value is -2.37. The van der Waals surface area contributed by atoms with Crippen LogP contribution in [-0.4, -0.2) is 29.2 Å². The highest BCUT2D eigenvalue weighted by Crippen LogP contribution is 2.17. The van der Waals surface area contributed by atoms with Gasteiger partial charge in [-0.25, -0.2) is 4.98 Å². The second kappa shape index (κ2) is 8.92. The molecule has 0 bridgehead atoms. The molecule has 2 rings (SSSR count). The van der Waals surface area contributed by atoms with Gasteiger partial charge in [0.2, 0.25) is 5.91 Å². The third-order valence-electron chi connectivity index (χ3n) is 2.95. The first kappa shape index (κ1) is 17.0. The molecule has 0 aliphatic heterocycles. The second-order valence-corrected chi connectivity index (χ2v) is 5.03. The van der Waals surface area contributed by atoms with Crippen LogP contribution < -0.4 is 10.1 Å². The molecule has 0 atom stereocenters. The highest BCUT2D eigenvalue weighted by atomic mass is 35.5. The Labute approximate surface area is 139 Å². The molecule has 6 heteroatoms. The average molecular weight is 333 g/mol. The first-order valence-electron chi connectivity index (χ1n) is 7.08. The minimum Gasteiger partial charge on any atom is -0.491 e. The molecule has 1 aromatic heterocycles. The van der Waals surface area contributed by atoms with Crippen LogP contribution in [0.15, 0.2) is 48.7 Å². The average Bonchev–Trinajstić information content (AvgIpc) is 2.57. The minimum atomic E-state index is -0.227. The van der Waals surface area contributed by atoms with Crippen molar-refractivity contribution in [3.8, 4) is 5.75 Å². The molecule has 1 aromatic carbocycles. The fourth-order valence-electron chi connectivity index (χ4n) is 1.88. The van der Waals surface area contributed by atoms with Gasteiger partial charge >= 0.3 is 0 Å². The Kier molecular flexibility index (Phi) is 6.59. The zero-order valence-electron chi connectivity index (χ0n) is 12.4. The van der Waals surface area contributed by atoms with E-state index >= 15 is 0 Å². The van der Waals surface area contributed by atoms with E-state index in [-0.39, 0.29) is 19.1 Å². The smallest absolute Gasteiger partial charge is 0.244 e. The molecule has 2 N–H and O–H groups in total. The maximum absolute atomic E-state index is 11.9. The summed E-state index contributed by atoms with van der Waals surface area (Å²) in [6.07, 6.45) is 4.68. The summed E-state index contributed by atoms with van der Waals surface area (Å²) in [6, 6.07) is 10.8. The van der Waals surface area contributed by atoms with Crippen LogP contribution in [0.1, 0.15) is 11.1 Å². The Morgan fingerprint density at radius 2 is 2.17 bits per heavy atom. The number of para-hydroxylation sites is 1. The van der Waals surface area contributed by atoms with Crippen molar-refractivity contribution < 1.29 is 14.6 Å². The molecule has 0 aliphatic rings. The minimum absolute atomic E-state index is 0.0576. The van der Waals surface area contributed by atoms with Gasteiger partial charge in [0.05, 0.1) is 6.61 Å². The van der Waals surface area contributed by atoms with Crippen LogP contribution >= 0.6 is 11.6 Å². The van der Waals surface area contributed by atoms with Crippen molar-refractivity contribution >= 4 is 23.6 Å². The summed E-state index contributed by atoms with van der Waals surface area (Å²) in [5, 5.41) is 12.0. The normalized spacial score (nSPS) is 10.7. The number of carbonyl (C=O) groups excluding carboxylic acids is 1. The van der Waals surface area contributed by atoms with Crippen molar-refractivity contribution in [3.05, 3.63) is 65.0 Å². The quantitative estimate of drug-likeness (QED) is 0.603. The van der Waals surface area contributed by atoms with Crippen LogP contribution in [0.2, 0.25) is 5.15 Å². The number of amides is 1. The number of nitrogens with one attached hydrogen (secondary N) is 1.